The predicted molar refractivity (Wildman–Crippen MR) is 116 cm³/mol. The number of thiophene rings is 1. The SMILES string of the molecule is COc1ccc(-c2ccc(CN=C(N)N3CCSCC3)s2)cc1.I. The van der Waals surface area contributed by atoms with Gasteiger partial charge in [-0.1, -0.05) is 0 Å². The Morgan fingerprint density at radius 3 is 2.54 bits per heavy atom. The summed E-state index contributed by atoms with van der Waals surface area (Å²) in [5.41, 5.74) is 7.30. The van der Waals surface area contributed by atoms with Crippen LogP contribution in [0.4, 0.5) is 0 Å². The van der Waals surface area contributed by atoms with Gasteiger partial charge in [-0.05, 0) is 42.0 Å². The summed E-state index contributed by atoms with van der Waals surface area (Å²) in [5, 5.41) is 0. The van der Waals surface area contributed by atoms with Crippen molar-refractivity contribution < 1.29 is 4.74 Å². The number of nitrogens with two attached hydrogens (primary N) is 1. The van der Waals surface area contributed by atoms with Crippen LogP contribution in [0.25, 0.3) is 10.4 Å². The number of benzene rings is 1. The summed E-state index contributed by atoms with van der Waals surface area (Å²) in [6.07, 6.45) is 0. The number of ether oxygens (including phenoxy) is 1. The van der Waals surface area contributed by atoms with Crippen molar-refractivity contribution in [1.29, 1.82) is 0 Å². The van der Waals surface area contributed by atoms with Crippen molar-refractivity contribution in [2.45, 2.75) is 6.54 Å². The zero-order chi connectivity index (χ0) is 16.1. The van der Waals surface area contributed by atoms with Crippen molar-refractivity contribution in [2.75, 3.05) is 31.7 Å². The Morgan fingerprint density at radius 2 is 1.88 bits per heavy atom. The van der Waals surface area contributed by atoms with Crippen LogP contribution in [-0.4, -0.2) is 42.6 Å². The van der Waals surface area contributed by atoms with Crippen LogP contribution in [0.2, 0.25) is 0 Å². The Balaban J connectivity index is 0.00000208. The van der Waals surface area contributed by atoms with Crippen LogP contribution in [0, 0.1) is 0 Å². The smallest absolute Gasteiger partial charge is 0.191 e. The Morgan fingerprint density at radius 1 is 1.17 bits per heavy atom. The minimum atomic E-state index is 0. The summed E-state index contributed by atoms with van der Waals surface area (Å²) in [6.45, 7) is 2.65. The van der Waals surface area contributed by atoms with Gasteiger partial charge in [-0.2, -0.15) is 11.8 Å². The molecule has 1 saturated heterocycles. The molecule has 0 bridgehead atoms. The molecule has 0 atom stereocenters. The number of rotatable bonds is 4. The molecule has 4 nitrogen and oxygen atoms in total. The molecule has 0 amide bonds. The molecule has 0 unspecified atom stereocenters. The highest BCUT2D eigenvalue weighted by atomic mass is 127. The zero-order valence-corrected chi connectivity index (χ0v) is 17.6. The molecule has 2 aromatic rings. The van der Waals surface area contributed by atoms with Crippen molar-refractivity contribution >= 4 is 53.0 Å². The number of hydrogen-bond acceptors (Lipinski definition) is 4. The lowest BCUT2D eigenvalue weighted by atomic mass is 10.2. The molecule has 2 heterocycles. The number of guanidine groups is 1. The number of hydrogen-bond donors (Lipinski definition) is 1. The third-order valence-corrected chi connectivity index (χ3v) is 5.83. The van der Waals surface area contributed by atoms with Gasteiger partial charge >= 0.3 is 0 Å². The molecule has 0 aliphatic carbocycles. The fourth-order valence-corrected chi connectivity index (χ4v) is 4.27. The van der Waals surface area contributed by atoms with Gasteiger partial charge in [0.15, 0.2) is 5.96 Å². The number of nitrogens with zero attached hydrogens (tertiary/aromatic N) is 2. The summed E-state index contributed by atoms with van der Waals surface area (Å²) in [5.74, 6) is 3.82. The number of methoxy groups -OCH3 is 1. The Hall–Kier alpha value is -0.930. The van der Waals surface area contributed by atoms with Gasteiger partial charge in [0.25, 0.3) is 0 Å². The van der Waals surface area contributed by atoms with E-state index in [0.717, 1.165) is 30.3 Å². The van der Waals surface area contributed by atoms with E-state index in [-0.39, 0.29) is 24.0 Å². The number of halogens is 1. The Kier molecular flexibility index (Phi) is 7.70. The van der Waals surface area contributed by atoms with E-state index in [0.29, 0.717) is 12.5 Å². The molecule has 130 valence electrons. The van der Waals surface area contributed by atoms with Crippen LogP contribution in [0.5, 0.6) is 5.75 Å². The lowest BCUT2D eigenvalue weighted by molar-refractivity contribution is 0.415. The van der Waals surface area contributed by atoms with E-state index in [2.05, 4.69) is 34.2 Å². The largest absolute Gasteiger partial charge is 0.497 e. The molecule has 24 heavy (non-hydrogen) atoms. The average Bonchev–Trinajstić information content (AvgIpc) is 3.09. The van der Waals surface area contributed by atoms with Crippen molar-refractivity contribution in [3.05, 3.63) is 41.3 Å². The molecule has 1 aliphatic rings. The van der Waals surface area contributed by atoms with Crippen LogP contribution in [0.15, 0.2) is 41.4 Å². The summed E-state index contributed by atoms with van der Waals surface area (Å²) in [7, 11) is 1.68. The molecule has 3 rings (SSSR count). The van der Waals surface area contributed by atoms with Crippen LogP contribution >= 0.6 is 47.1 Å². The average molecular weight is 475 g/mol. The fourth-order valence-electron chi connectivity index (χ4n) is 2.42. The highest BCUT2D eigenvalue weighted by Crippen LogP contribution is 2.29. The second-order valence-electron chi connectivity index (χ2n) is 5.27. The highest BCUT2D eigenvalue weighted by Gasteiger charge is 2.12. The quantitative estimate of drug-likeness (QED) is 0.414. The van der Waals surface area contributed by atoms with E-state index in [9.17, 15) is 0 Å². The van der Waals surface area contributed by atoms with Crippen molar-refractivity contribution in [3.63, 3.8) is 0 Å². The molecule has 0 saturated carbocycles. The monoisotopic (exact) mass is 475 g/mol. The standard InChI is InChI=1S/C17H21N3OS2.HI/c1-21-14-4-2-13(3-5-14)16-7-6-15(23-16)12-19-17(18)20-8-10-22-11-9-20;/h2-7H,8-12H2,1H3,(H2,18,19);1H. The van der Waals surface area contributed by atoms with Gasteiger partial charge in [-0.15, -0.1) is 35.3 Å². The van der Waals surface area contributed by atoms with E-state index in [1.54, 1.807) is 18.4 Å². The maximum Gasteiger partial charge on any atom is 0.191 e. The van der Waals surface area contributed by atoms with E-state index < -0.39 is 0 Å². The Labute approximate surface area is 168 Å². The predicted octanol–water partition coefficient (Wildman–Crippen LogP) is 3.91. The lowest BCUT2D eigenvalue weighted by Gasteiger charge is -2.27. The summed E-state index contributed by atoms with van der Waals surface area (Å²) < 4.78 is 5.20. The topological polar surface area (TPSA) is 50.9 Å². The van der Waals surface area contributed by atoms with Gasteiger partial charge in [0.05, 0.1) is 13.7 Å². The first-order chi connectivity index (χ1) is 11.3. The molecular weight excluding hydrogens is 453 g/mol. The van der Waals surface area contributed by atoms with E-state index in [4.69, 9.17) is 10.5 Å². The first-order valence-corrected chi connectivity index (χ1v) is 9.59. The number of thioether (sulfide) groups is 1. The van der Waals surface area contributed by atoms with Crippen LogP contribution in [-0.2, 0) is 6.54 Å². The second-order valence-corrected chi connectivity index (χ2v) is 7.66. The van der Waals surface area contributed by atoms with Crippen LogP contribution < -0.4 is 10.5 Å². The summed E-state index contributed by atoms with van der Waals surface area (Å²) in [6, 6.07) is 12.4. The molecule has 0 spiro atoms. The maximum absolute atomic E-state index is 6.10. The summed E-state index contributed by atoms with van der Waals surface area (Å²) >= 11 is 3.74. The van der Waals surface area contributed by atoms with Gasteiger partial charge in [0.1, 0.15) is 5.75 Å². The second kappa shape index (κ2) is 9.53. The van der Waals surface area contributed by atoms with Crippen LogP contribution in [0.1, 0.15) is 4.88 Å². The van der Waals surface area contributed by atoms with Gasteiger partial charge in [0.2, 0.25) is 0 Å². The molecule has 0 radical (unpaired) electrons. The normalized spacial score (nSPS) is 15.0. The van der Waals surface area contributed by atoms with Gasteiger partial charge in [-0.3, -0.25) is 0 Å². The van der Waals surface area contributed by atoms with Crippen molar-refractivity contribution in [2.24, 2.45) is 10.7 Å². The molecule has 2 N–H and O–H groups in total. The van der Waals surface area contributed by atoms with Crippen molar-refractivity contribution in [1.82, 2.24) is 4.90 Å². The van der Waals surface area contributed by atoms with E-state index in [1.165, 1.54) is 15.3 Å². The fraction of sp³-hybridized carbons (Fsp3) is 0.353. The highest BCUT2D eigenvalue weighted by molar-refractivity contribution is 14.0. The van der Waals surface area contributed by atoms with Gasteiger partial charge in [-0.25, -0.2) is 4.99 Å². The molecule has 7 heteroatoms. The Bertz CT molecular complexity index is 667. The maximum atomic E-state index is 6.10. The molecular formula is C17H22IN3OS2. The molecule has 1 fully saturated rings. The van der Waals surface area contributed by atoms with E-state index in [1.807, 2.05) is 23.9 Å². The molecule has 1 aromatic heterocycles. The first kappa shape index (κ1) is 19.4. The molecule has 1 aliphatic heterocycles. The summed E-state index contributed by atoms with van der Waals surface area (Å²) in [4.78, 5) is 9.20. The van der Waals surface area contributed by atoms with Gasteiger partial charge < -0.3 is 15.4 Å². The molecule has 1 aromatic carbocycles. The minimum absolute atomic E-state index is 0. The zero-order valence-electron chi connectivity index (χ0n) is 13.6. The lowest BCUT2D eigenvalue weighted by Crippen LogP contribution is -2.42. The minimum Gasteiger partial charge on any atom is -0.497 e. The first-order valence-electron chi connectivity index (χ1n) is 7.62. The third kappa shape index (κ3) is 5.03. The number of aliphatic imine (C=N–C) groups is 1. The van der Waals surface area contributed by atoms with Crippen molar-refractivity contribution in [3.8, 4) is 16.2 Å². The van der Waals surface area contributed by atoms with Crippen LogP contribution in [0.3, 0.4) is 0 Å². The van der Waals surface area contributed by atoms with Gasteiger partial charge in [0, 0.05) is 34.3 Å². The van der Waals surface area contributed by atoms with E-state index >= 15 is 0 Å². The third-order valence-electron chi connectivity index (χ3n) is 3.77.